The molecule has 1 aliphatic rings. The van der Waals surface area contributed by atoms with Gasteiger partial charge in [0.2, 0.25) is 5.91 Å². The molecule has 22 heavy (non-hydrogen) atoms. The van der Waals surface area contributed by atoms with Crippen LogP contribution in [-0.4, -0.2) is 29.4 Å². The van der Waals surface area contributed by atoms with E-state index in [1.165, 1.54) is 0 Å². The predicted molar refractivity (Wildman–Crippen MR) is 88.4 cm³/mol. The molecule has 1 rings (SSSR count). The molecule has 126 valence electrons. The lowest BCUT2D eigenvalue weighted by Crippen LogP contribution is -2.42. The standard InChI is InChI=1S/C18H31NO3/c1-4-6-7-8-15-14(9-10-17(15)21)11-18(22)19-16(12-20)13(3)5-2/h6-7,13-16,20H,4-5,8-12H2,1-3H3,(H,19,22)/b7-6-/t13-,14+,15+,16+/m0/s1. The van der Waals surface area contributed by atoms with Crippen LogP contribution in [0.3, 0.4) is 0 Å². The molecule has 0 aromatic heterocycles. The molecule has 0 bridgehead atoms. The maximum Gasteiger partial charge on any atom is 0.220 e. The highest BCUT2D eigenvalue weighted by atomic mass is 16.3. The van der Waals surface area contributed by atoms with Crippen LogP contribution in [-0.2, 0) is 9.59 Å². The summed E-state index contributed by atoms with van der Waals surface area (Å²) in [6.07, 6.45) is 8.57. The lowest BCUT2D eigenvalue weighted by Gasteiger charge is -2.24. The quantitative estimate of drug-likeness (QED) is 0.644. The van der Waals surface area contributed by atoms with E-state index in [1.807, 2.05) is 13.8 Å². The summed E-state index contributed by atoms with van der Waals surface area (Å²) in [7, 11) is 0. The van der Waals surface area contributed by atoms with Gasteiger partial charge in [0.25, 0.3) is 0 Å². The number of carbonyl (C=O) groups is 2. The largest absolute Gasteiger partial charge is 0.394 e. The van der Waals surface area contributed by atoms with Gasteiger partial charge in [0.1, 0.15) is 5.78 Å². The number of hydrogen-bond acceptors (Lipinski definition) is 3. The molecule has 4 atom stereocenters. The second-order valence-electron chi connectivity index (χ2n) is 6.43. The number of aliphatic hydroxyl groups is 1. The van der Waals surface area contributed by atoms with E-state index in [-0.39, 0.29) is 36.3 Å². The van der Waals surface area contributed by atoms with Gasteiger partial charge in [-0.2, -0.15) is 0 Å². The summed E-state index contributed by atoms with van der Waals surface area (Å²) in [6, 6.07) is -0.187. The topological polar surface area (TPSA) is 66.4 Å². The van der Waals surface area contributed by atoms with E-state index in [1.54, 1.807) is 0 Å². The fraction of sp³-hybridized carbons (Fsp3) is 0.778. The Labute approximate surface area is 134 Å². The number of rotatable bonds is 9. The van der Waals surface area contributed by atoms with E-state index in [4.69, 9.17) is 0 Å². The van der Waals surface area contributed by atoms with Gasteiger partial charge >= 0.3 is 0 Å². The van der Waals surface area contributed by atoms with Crippen LogP contribution in [0.1, 0.15) is 59.3 Å². The van der Waals surface area contributed by atoms with Crippen molar-refractivity contribution < 1.29 is 14.7 Å². The highest BCUT2D eigenvalue weighted by molar-refractivity contribution is 5.85. The molecular weight excluding hydrogens is 278 g/mol. The Morgan fingerprint density at radius 1 is 1.41 bits per heavy atom. The normalized spacial score (nSPS) is 24.6. The first-order chi connectivity index (χ1) is 10.5. The number of aliphatic hydroxyl groups excluding tert-OH is 1. The minimum absolute atomic E-state index is 0.00951. The Bertz CT molecular complexity index is 392. The van der Waals surface area contributed by atoms with E-state index in [0.717, 1.165) is 25.7 Å². The number of nitrogens with one attached hydrogen (secondary N) is 1. The number of amides is 1. The number of carbonyl (C=O) groups excluding carboxylic acids is 2. The second-order valence-corrected chi connectivity index (χ2v) is 6.43. The molecule has 1 aliphatic carbocycles. The number of ketones is 1. The van der Waals surface area contributed by atoms with E-state index in [9.17, 15) is 14.7 Å². The molecule has 0 heterocycles. The van der Waals surface area contributed by atoms with Crippen molar-refractivity contribution in [2.75, 3.05) is 6.61 Å². The first-order valence-electron chi connectivity index (χ1n) is 8.61. The summed E-state index contributed by atoms with van der Waals surface area (Å²) in [4.78, 5) is 24.2. The molecule has 2 N–H and O–H groups in total. The minimum Gasteiger partial charge on any atom is -0.394 e. The first-order valence-corrected chi connectivity index (χ1v) is 8.61. The molecular formula is C18H31NO3. The van der Waals surface area contributed by atoms with Crippen molar-refractivity contribution in [3.63, 3.8) is 0 Å². The Balaban J connectivity index is 2.54. The van der Waals surface area contributed by atoms with Gasteiger partial charge < -0.3 is 10.4 Å². The Morgan fingerprint density at radius 2 is 2.14 bits per heavy atom. The van der Waals surface area contributed by atoms with Crippen LogP contribution in [0, 0.1) is 17.8 Å². The van der Waals surface area contributed by atoms with Gasteiger partial charge in [-0.3, -0.25) is 9.59 Å². The van der Waals surface area contributed by atoms with Crippen LogP contribution >= 0.6 is 0 Å². The van der Waals surface area contributed by atoms with Gasteiger partial charge in [0.15, 0.2) is 0 Å². The van der Waals surface area contributed by atoms with Gasteiger partial charge in [-0.05, 0) is 31.1 Å². The lowest BCUT2D eigenvalue weighted by atomic mass is 9.89. The Kier molecular flexibility index (Phi) is 8.39. The summed E-state index contributed by atoms with van der Waals surface area (Å²) in [5.74, 6) is 0.639. The highest BCUT2D eigenvalue weighted by Gasteiger charge is 2.35. The molecule has 0 aromatic rings. The zero-order valence-electron chi connectivity index (χ0n) is 14.2. The average Bonchev–Trinajstić information content (AvgIpc) is 2.85. The lowest BCUT2D eigenvalue weighted by molar-refractivity contribution is -0.124. The summed E-state index contributed by atoms with van der Waals surface area (Å²) < 4.78 is 0. The zero-order valence-corrected chi connectivity index (χ0v) is 14.2. The van der Waals surface area contributed by atoms with Gasteiger partial charge in [0, 0.05) is 18.8 Å². The Morgan fingerprint density at radius 3 is 2.73 bits per heavy atom. The number of Topliss-reactive ketones (excluding diaryl/α,β-unsaturated/α-hetero) is 1. The third-order valence-corrected chi connectivity index (χ3v) is 4.86. The van der Waals surface area contributed by atoms with E-state index in [0.29, 0.717) is 18.6 Å². The summed E-state index contributed by atoms with van der Waals surface area (Å²) in [5.41, 5.74) is 0. The third kappa shape index (κ3) is 5.56. The van der Waals surface area contributed by atoms with Crippen molar-refractivity contribution in [1.82, 2.24) is 5.32 Å². The molecule has 0 radical (unpaired) electrons. The molecule has 0 aliphatic heterocycles. The van der Waals surface area contributed by atoms with Gasteiger partial charge in [-0.25, -0.2) is 0 Å². The van der Waals surface area contributed by atoms with Crippen molar-refractivity contribution in [2.24, 2.45) is 17.8 Å². The van der Waals surface area contributed by atoms with E-state index in [2.05, 4.69) is 24.4 Å². The SMILES string of the molecule is CC/C=C\C[C@H]1C(=O)CC[C@@H]1CC(=O)N[C@H](CO)[C@@H](C)CC. The van der Waals surface area contributed by atoms with Crippen LogP contribution in [0.5, 0.6) is 0 Å². The molecule has 1 fully saturated rings. The van der Waals surface area contributed by atoms with Crippen molar-refractivity contribution in [3.05, 3.63) is 12.2 Å². The van der Waals surface area contributed by atoms with Crippen molar-refractivity contribution >= 4 is 11.7 Å². The van der Waals surface area contributed by atoms with Crippen molar-refractivity contribution in [2.45, 2.75) is 65.3 Å². The molecule has 0 unspecified atom stereocenters. The molecule has 4 heteroatoms. The molecule has 0 aromatic carbocycles. The minimum atomic E-state index is -0.187. The molecule has 4 nitrogen and oxygen atoms in total. The maximum atomic E-state index is 12.2. The van der Waals surface area contributed by atoms with Crippen LogP contribution in [0.15, 0.2) is 12.2 Å². The Hall–Kier alpha value is -1.16. The highest BCUT2D eigenvalue weighted by Crippen LogP contribution is 2.34. The van der Waals surface area contributed by atoms with E-state index >= 15 is 0 Å². The zero-order chi connectivity index (χ0) is 16.5. The summed E-state index contributed by atoms with van der Waals surface area (Å²) in [5, 5.41) is 12.3. The van der Waals surface area contributed by atoms with Gasteiger partial charge in [-0.1, -0.05) is 39.3 Å². The smallest absolute Gasteiger partial charge is 0.220 e. The first kappa shape index (κ1) is 18.9. The van der Waals surface area contributed by atoms with Crippen LogP contribution in [0.4, 0.5) is 0 Å². The fourth-order valence-corrected chi connectivity index (χ4v) is 3.11. The maximum absolute atomic E-state index is 12.2. The molecule has 1 amide bonds. The third-order valence-electron chi connectivity index (χ3n) is 4.86. The van der Waals surface area contributed by atoms with Crippen molar-refractivity contribution in [1.29, 1.82) is 0 Å². The number of allylic oxidation sites excluding steroid dienone is 2. The monoisotopic (exact) mass is 309 g/mol. The van der Waals surface area contributed by atoms with Crippen LogP contribution in [0.25, 0.3) is 0 Å². The number of hydrogen-bond donors (Lipinski definition) is 2. The predicted octanol–water partition coefficient (Wildman–Crippen LogP) is 2.85. The molecule has 0 saturated heterocycles. The van der Waals surface area contributed by atoms with Crippen molar-refractivity contribution in [3.8, 4) is 0 Å². The van der Waals surface area contributed by atoms with Crippen LogP contribution < -0.4 is 5.32 Å². The van der Waals surface area contributed by atoms with Gasteiger partial charge in [0.05, 0.1) is 12.6 Å². The van der Waals surface area contributed by atoms with Crippen LogP contribution in [0.2, 0.25) is 0 Å². The fourth-order valence-electron chi connectivity index (χ4n) is 3.11. The summed E-state index contributed by atoms with van der Waals surface area (Å²) >= 11 is 0. The van der Waals surface area contributed by atoms with Gasteiger partial charge in [-0.15, -0.1) is 0 Å². The average molecular weight is 309 g/mol. The molecule has 1 saturated carbocycles. The summed E-state index contributed by atoms with van der Waals surface area (Å²) in [6.45, 7) is 6.11. The second kappa shape index (κ2) is 9.78. The molecule has 0 spiro atoms. The van der Waals surface area contributed by atoms with E-state index < -0.39 is 0 Å².